The fourth-order valence-corrected chi connectivity index (χ4v) is 4.14. The second kappa shape index (κ2) is 7.46. The zero-order valence-corrected chi connectivity index (χ0v) is 15.2. The molecule has 0 unspecified atom stereocenters. The molecule has 0 radical (unpaired) electrons. The van der Waals surface area contributed by atoms with Gasteiger partial charge in [0.25, 0.3) is 5.91 Å². The Balaban J connectivity index is 1.52. The second-order valence-corrected chi connectivity index (χ2v) is 7.22. The minimum Gasteiger partial charge on any atom is -0.379 e. The Bertz CT molecular complexity index is 765. The largest absolute Gasteiger partial charge is 0.379 e. The van der Waals surface area contributed by atoms with Crippen LogP contribution in [0.2, 0.25) is 0 Å². The second-order valence-electron chi connectivity index (χ2n) is 7.22. The molecule has 2 saturated heterocycles. The van der Waals surface area contributed by atoms with Gasteiger partial charge in [-0.2, -0.15) is 0 Å². The zero-order chi connectivity index (χ0) is 17.9. The Hall–Kier alpha value is -2.40. The Morgan fingerprint density at radius 1 is 1.19 bits per heavy atom. The van der Waals surface area contributed by atoms with E-state index in [1.807, 2.05) is 24.0 Å². The van der Waals surface area contributed by atoms with Gasteiger partial charge in [-0.25, -0.2) is 0 Å². The first-order valence-electron chi connectivity index (χ1n) is 9.33. The number of fused-ring (bicyclic) bond motifs is 1. The molecule has 0 aliphatic carbocycles. The van der Waals surface area contributed by atoms with Gasteiger partial charge in [-0.3, -0.25) is 9.78 Å². The number of nitrogens with zero attached hydrogens (tertiary/aromatic N) is 3. The summed E-state index contributed by atoms with van der Waals surface area (Å²) in [7, 11) is 0. The highest BCUT2D eigenvalue weighted by Crippen LogP contribution is 2.30. The molecule has 2 fully saturated rings. The molecular weight excluding hydrogens is 326 g/mol. The number of aryl methyl sites for hydroxylation is 1. The van der Waals surface area contributed by atoms with Crippen LogP contribution in [0.25, 0.3) is 0 Å². The van der Waals surface area contributed by atoms with E-state index in [-0.39, 0.29) is 5.91 Å². The molecule has 26 heavy (non-hydrogen) atoms. The SMILES string of the molecule is Cc1cncc(C(=O)N2CC[C@H]3[C@@H](COCCN3c3ccccc3)C2)c1. The summed E-state index contributed by atoms with van der Waals surface area (Å²) in [5.41, 5.74) is 2.94. The van der Waals surface area contributed by atoms with E-state index in [9.17, 15) is 4.79 Å². The van der Waals surface area contributed by atoms with Crippen molar-refractivity contribution in [1.29, 1.82) is 0 Å². The molecule has 1 amide bonds. The number of amides is 1. The van der Waals surface area contributed by atoms with E-state index < -0.39 is 0 Å². The summed E-state index contributed by atoms with van der Waals surface area (Å²) in [5.74, 6) is 0.406. The molecule has 2 aromatic rings. The van der Waals surface area contributed by atoms with Gasteiger partial charge in [0.2, 0.25) is 0 Å². The average molecular weight is 351 g/mol. The number of anilines is 1. The summed E-state index contributed by atoms with van der Waals surface area (Å²) in [6, 6.07) is 12.9. The van der Waals surface area contributed by atoms with Crippen LogP contribution in [0.4, 0.5) is 5.69 Å². The topological polar surface area (TPSA) is 45.7 Å². The molecule has 0 N–H and O–H groups in total. The minimum atomic E-state index is 0.0789. The lowest BCUT2D eigenvalue weighted by Gasteiger charge is -2.43. The number of hydrogen-bond acceptors (Lipinski definition) is 4. The highest BCUT2D eigenvalue weighted by molar-refractivity contribution is 5.94. The fraction of sp³-hybridized carbons (Fsp3) is 0.429. The van der Waals surface area contributed by atoms with Crippen molar-refractivity contribution in [3.8, 4) is 0 Å². The number of piperidine rings is 1. The van der Waals surface area contributed by atoms with Gasteiger partial charge >= 0.3 is 0 Å². The standard InChI is InChI=1S/C21H25N3O2/c1-16-11-17(13-22-12-16)21(25)23-8-7-20-18(14-23)15-26-10-9-24(20)19-5-3-2-4-6-19/h2-6,11-13,18,20H,7-10,14-15H2,1H3/t18-,20+/m1/s1. The number of aromatic nitrogens is 1. The van der Waals surface area contributed by atoms with Crippen LogP contribution in [0.3, 0.4) is 0 Å². The fourth-order valence-electron chi connectivity index (χ4n) is 4.14. The predicted octanol–water partition coefficient (Wildman–Crippen LogP) is 2.76. The van der Waals surface area contributed by atoms with Gasteiger partial charge in [0.05, 0.1) is 18.8 Å². The van der Waals surface area contributed by atoms with E-state index in [2.05, 4.69) is 34.1 Å². The maximum absolute atomic E-state index is 12.9. The molecule has 1 aromatic carbocycles. The monoisotopic (exact) mass is 351 g/mol. The van der Waals surface area contributed by atoms with Crippen LogP contribution in [0.5, 0.6) is 0 Å². The van der Waals surface area contributed by atoms with E-state index in [4.69, 9.17) is 4.74 Å². The lowest BCUT2D eigenvalue weighted by Crippen LogP contribution is -2.53. The Morgan fingerprint density at radius 2 is 2.04 bits per heavy atom. The van der Waals surface area contributed by atoms with Crippen LogP contribution in [-0.2, 0) is 4.74 Å². The summed E-state index contributed by atoms with van der Waals surface area (Å²) in [6.45, 7) is 5.83. The van der Waals surface area contributed by atoms with Crippen LogP contribution in [-0.4, -0.2) is 54.7 Å². The van der Waals surface area contributed by atoms with Crippen molar-refractivity contribution in [2.24, 2.45) is 5.92 Å². The van der Waals surface area contributed by atoms with E-state index >= 15 is 0 Å². The molecule has 0 saturated carbocycles. The highest BCUT2D eigenvalue weighted by Gasteiger charge is 2.37. The first-order chi connectivity index (χ1) is 12.7. The summed E-state index contributed by atoms with van der Waals surface area (Å²) in [4.78, 5) is 21.5. The normalized spacial score (nSPS) is 23.3. The van der Waals surface area contributed by atoms with Gasteiger partial charge in [0.1, 0.15) is 0 Å². The number of likely N-dealkylation sites (tertiary alicyclic amines) is 1. The van der Waals surface area contributed by atoms with Crippen molar-refractivity contribution in [3.05, 3.63) is 59.9 Å². The van der Waals surface area contributed by atoms with Gasteiger partial charge < -0.3 is 14.5 Å². The maximum atomic E-state index is 12.9. The van der Waals surface area contributed by atoms with Crippen LogP contribution in [0, 0.1) is 12.8 Å². The molecule has 136 valence electrons. The number of rotatable bonds is 2. The first-order valence-corrected chi connectivity index (χ1v) is 9.33. The lowest BCUT2D eigenvalue weighted by atomic mass is 9.90. The third kappa shape index (κ3) is 3.44. The lowest BCUT2D eigenvalue weighted by molar-refractivity contribution is 0.0520. The third-order valence-electron chi connectivity index (χ3n) is 5.40. The van der Waals surface area contributed by atoms with Gasteiger partial charge in [-0.15, -0.1) is 0 Å². The van der Waals surface area contributed by atoms with Crippen LogP contribution >= 0.6 is 0 Å². The maximum Gasteiger partial charge on any atom is 0.255 e. The van der Waals surface area contributed by atoms with Gasteiger partial charge in [-0.05, 0) is 37.1 Å². The van der Waals surface area contributed by atoms with Crippen molar-refractivity contribution in [2.75, 3.05) is 37.7 Å². The molecule has 3 heterocycles. The van der Waals surface area contributed by atoms with Crippen molar-refractivity contribution in [2.45, 2.75) is 19.4 Å². The molecule has 4 rings (SSSR count). The van der Waals surface area contributed by atoms with E-state index in [1.54, 1.807) is 12.4 Å². The summed E-state index contributed by atoms with van der Waals surface area (Å²) >= 11 is 0. The van der Waals surface area contributed by atoms with Crippen molar-refractivity contribution >= 4 is 11.6 Å². The zero-order valence-electron chi connectivity index (χ0n) is 15.2. The molecule has 2 aliphatic heterocycles. The molecule has 0 spiro atoms. The molecular formula is C21H25N3O2. The average Bonchev–Trinajstić information content (AvgIpc) is 2.90. The Kier molecular flexibility index (Phi) is 4.89. The number of benzene rings is 1. The van der Waals surface area contributed by atoms with Crippen molar-refractivity contribution in [1.82, 2.24) is 9.88 Å². The van der Waals surface area contributed by atoms with Crippen LogP contribution in [0.15, 0.2) is 48.8 Å². The predicted molar refractivity (Wildman–Crippen MR) is 101 cm³/mol. The molecule has 2 aliphatic rings. The highest BCUT2D eigenvalue weighted by atomic mass is 16.5. The van der Waals surface area contributed by atoms with Gasteiger partial charge in [0, 0.05) is 49.7 Å². The first kappa shape index (κ1) is 17.0. The van der Waals surface area contributed by atoms with Crippen LogP contribution in [0.1, 0.15) is 22.3 Å². The Morgan fingerprint density at radius 3 is 2.85 bits per heavy atom. The van der Waals surface area contributed by atoms with E-state index in [0.717, 1.165) is 38.2 Å². The molecule has 5 heteroatoms. The molecule has 0 bridgehead atoms. The number of para-hydroxylation sites is 1. The molecule has 1 aromatic heterocycles. The number of ether oxygens (including phenoxy) is 1. The number of carbonyl (C=O) groups excluding carboxylic acids is 1. The quantitative estimate of drug-likeness (QED) is 0.835. The summed E-state index contributed by atoms with van der Waals surface area (Å²) in [6.07, 6.45) is 4.41. The van der Waals surface area contributed by atoms with Crippen molar-refractivity contribution in [3.63, 3.8) is 0 Å². The number of pyridine rings is 1. The van der Waals surface area contributed by atoms with Crippen LogP contribution < -0.4 is 4.90 Å². The number of carbonyl (C=O) groups is 1. The Labute approximate surface area is 154 Å². The third-order valence-corrected chi connectivity index (χ3v) is 5.40. The summed E-state index contributed by atoms with van der Waals surface area (Å²) in [5, 5.41) is 0. The van der Waals surface area contributed by atoms with Gasteiger partial charge in [0.15, 0.2) is 0 Å². The van der Waals surface area contributed by atoms with E-state index in [0.29, 0.717) is 24.1 Å². The summed E-state index contributed by atoms with van der Waals surface area (Å²) < 4.78 is 5.88. The van der Waals surface area contributed by atoms with E-state index in [1.165, 1.54) is 5.69 Å². The molecule has 2 atom stereocenters. The van der Waals surface area contributed by atoms with Gasteiger partial charge in [-0.1, -0.05) is 18.2 Å². The van der Waals surface area contributed by atoms with Crippen molar-refractivity contribution < 1.29 is 9.53 Å². The molecule has 5 nitrogen and oxygen atoms in total. The minimum absolute atomic E-state index is 0.0789. The smallest absolute Gasteiger partial charge is 0.255 e. The number of hydrogen-bond donors (Lipinski definition) is 0.